The SMILES string of the molecule is CC(C)(C)CCCCCCCCCCCO. The molecule has 0 spiro atoms. The van der Waals surface area contributed by atoms with Gasteiger partial charge in [-0.1, -0.05) is 72.1 Å². The van der Waals surface area contributed by atoms with Gasteiger partial charge in [-0.2, -0.15) is 0 Å². The van der Waals surface area contributed by atoms with Crippen LogP contribution in [-0.2, 0) is 0 Å². The lowest BCUT2D eigenvalue weighted by Gasteiger charge is -2.17. The summed E-state index contributed by atoms with van der Waals surface area (Å²) < 4.78 is 0. The molecule has 0 aliphatic heterocycles. The van der Waals surface area contributed by atoms with Crippen molar-refractivity contribution < 1.29 is 5.11 Å². The molecule has 0 saturated carbocycles. The van der Waals surface area contributed by atoms with E-state index in [2.05, 4.69) is 20.8 Å². The van der Waals surface area contributed by atoms with E-state index in [1.165, 1.54) is 57.8 Å². The fourth-order valence-electron chi connectivity index (χ4n) is 2.00. The van der Waals surface area contributed by atoms with Gasteiger partial charge in [-0.25, -0.2) is 0 Å². The average molecular weight is 228 g/mol. The molecule has 0 aromatic heterocycles. The average Bonchev–Trinajstić information content (AvgIpc) is 2.19. The van der Waals surface area contributed by atoms with Crippen LogP contribution in [0.25, 0.3) is 0 Å². The normalized spacial score (nSPS) is 12.0. The van der Waals surface area contributed by atoms with E-state index in [1.807, 2.05) is 0 Å². The first-order valence-electron chi connectivity index (χ1n) is 7.17. The molecule has 0 aliphatic carbocycles. The lowest BCUT2D eigenvalue weighted by atomic mass is 9.89. The van der Waals surface area contributed by atoms with E-state index in [0.717, 1.165) is 6.42 Å². The number of rotatable bonds is 10. The number of aliphatic hydroxyl groups excluding tert-OH is 1. The molecule has 0 unspecified atom stereocenters. The summed E-state index contributed by atoms with van der Waals surface area (Å²) in [5.41, 5.74) is 0.518. The van der Waals surface area contributed by atoms with Gasteiger partial charge < -0.3 is 5.11 Å². The molecule has 16 heavy (non-hydrogen) atoms. The summed E-state index contributed by atoms with van der Waals surface area (Å²) in [5, 5.41) is 8.63. The van der Waals surface area contributed by atoms with Crippen molar-refractivity contribution in [3.05, 3.63) is 0 Å². The predicted octanol–water partition coefficient (Wildman–Crippen LogP) is 4.93. The molecule has 0 saturated heterocycles. The highest BCUT2D eigenvalue weighted by Gasteiger charge is 2.08. The summed E-state index contributed by atoms with van der Waals surface area (Å²) in [6.07, 6.45) is 13.2. The highest BCUT2D eigenvalue weighted by atomic mass is 16.2. The maximum atomic E-state index is 8.63. The van der Waals surface area contributed by atoms with Crippen LogP contribution < -0.4 is 0 Å². The van der Waals surface area contributed by atoms with Crippen molar-refractivity contribution >= 4 is 0 Å². The molecule has 0 aliphatic rings. The topological polar surface area (TPSA) is 20.2 Å². The van der Waals surface area contributed by atoms with Crippen LogP contribution in [0.4, 0.5) is 0 Å². The van der Waals surface area contributed by atoms with E-state index >= 15 is 0 Å². The molecule has 0 rings (SSSR count). The van der Waals surface area contributed by atoms with E-state index in [9.17, 15) is 0 Å². The summed E-state index contributed by atoms with van der Waals surface area (Å²) >= 11 is 0. The maximum absolute atomic E-state index is 8.63. The Morgan fingerprint density at radius 3 is 1.38 bits per heavy atom. The molecule has 0 heterocycles. The van der Waals surface area contributed by atoms with Gasteiger partial charge >= 0.3 is 0 Å². The highest BCUT2D eigenvalue weighted by molar-refractivity contribution is 4.61. The second kappa shape index (κ2) is 10.1. The van der Waals surface area contributed by atoms with Crippen LogP contribution in [0.1, 0.15) is 85.0 Å². The molecule has 0 aromatic rings. The molecule has 0 fully saturated rings. The van der Waals surface area contributed by atoms with Crippen LogP contribution in [0.5, 0.6) is 0 Å². The van der Waals surface area contributed by atoms with E-state index in [-0.39, 0.29) is 0 Å². The quantitative estimate of drug-likeness (QED) is 0.526. The second-order valence-corrected chi connectivity index (χ2v) is 6.22. The van der Waals surface area contributed by atoms with Crippen molar-refractivity contribution in [3.8, 4) is 0 Å². The summed E-state index contributed by atoms with van der Waals surface area (Å²) in [5.74, 6) is 0. The van der Waals surface area contributed by atoms with Crippen molar-refractivity contribution in [1.82, 2.24) is 0 Å². The van der Waals surface area contributed by atoms with Gasteiger partial charge in [0.2, 0.25) is 0 Å². The lowest BCUT2D eigenvalue weighted by molar-refractivity contribution is 0.282. The van der Waals surface area contributed by atoms with Gasteiger partial charge in [-0.3, -0.25) is 0 Å². The van der Waals surface area contributed by atoms with Crippen molar-refractivity contribution in [3.63, 3.8) is 0 Å². The van der Waals surface area contributed by atoms with Gasteiger partial charge in [0.15, 0.2) is 0 Å². The standard InChI is InChI=1S/C15H32O/c1-15(2,3)13-11-9-7-5-4-6-8-10-12-14-16/h16H,4-14H2,1-3H3. The smallest absolute Gasteiger partial charge is 0.0431 e. The third-order valence-electron chi connectivity index (χ3n) is 3.08. The van der Waals surface area contributed by atoms with Gasteiger partial charge in [0.25, 0.3) is 0 Å². The molecule has 1 heteroatoms. The summed E-state index contributed by atoms with van der Waals surface area (Å²) in [7, 11) is 0. The zero-order valence-electron chi connectivity index (χ0n) is 11.7. The van der Waals surface area contributed by atoms with E-state index < -0.39 is 0 Å². The van der Waals surface area contributed by atoms with Crippen LogP contribution in [0.2, 0.25) is 0 Å². The van der Waals surface area contributed by atoms with Crippen molar-refractivity contribution in [2.45, 2.75) is 85.0 Å². The fourth-order valence-corrected chi connectivity index (χ4v) is 2.00. The molecule has 1 nitrogen and oxygen atoms in total. The number of unbranched alkanes of at least 4 members (excludes halogenated alkanes) is 8. The Hall–Kier alpha value is -0.0400. The van der Waals surface area contributed by atoms with Crippen LogP contribution in [-0.4, -0.2) is 11.7 Å². The molecule has 98 valence electrons. The fraction of sp³-hybridized carbons (Fsp3) is 1.00. The molecular weight excluding hydrogens is 196 g/mol. The third kappa shape index (κ3) is 14.0. The zero-order valence-corrected chi connectivity index (χ0v) is 11.7. The Kier molecular flexibility index (Phi) is 10.1. The van der Waals surface area contributed by atoms with Gasteiger partial charge in [-0.05, 0) is 18.3 Å². The van der Waals surface area contributed by atoms with E-state index in [0.29, 0.717) is 12.0 Å². The van der Waals surface area contributed by atoms with Gasteiger partial charge in [0.1, 0.15) is 0 Å². The minimum atomic E-state index is 0.368. The lowest BCUT2D eigenvalue weighted by Crippen LogP contribution is -2.03. The Morgan fingerprint density at radius 2 is 1.00 bits per heavy atom. The number of hydrogen-bond donors (Lipinski definition) is 1. The van der Waals surface area contributed by atoms with E-state index in [4.69, 9.17) is 5.11 Å². The molecular formula is C15H32O. The largest absolute Gasteiger partial charge is 0.396 e. The zero-order chi connectivity index (χ0) is 12.3. The number of aliphatic hydroxyl groups is 1. The maximum Gasteiger partial charge on any atom is 0.0431 e. The Bertz CT molecular complexity index is 135. The third-order valence-corrected chi connectivity index (χ3v) is 3.08. The van der Waals surface area contributed by atoms with Gasteiger partial charge in [-0.15, -0.1) is 0 Å². The molecule has 1 N–H and O–H groups in total. The first kappa shape index (κ1) is 16.0. The van der Waals surface area contributed by atoms with E-state index in [1.54, 1.807) is 0 Å². The summed E-state index contributed by atoms with van der Waals surface area (Å²) in [6, 6.07) is 0. The van der Waals surface area contributed by atoms with Crippen LogP contribution in [0.3, 0.4) is 0 Å². The first-order valence-corrected chi connectivity index (χ1v) is 7.17. The minimum absolute atomic E-state index is 0.368. The second-order valence-electron chi connectivity index (χ2n) is 6.22. The van der Waals surface area contributed by atoms with Crippen molar-refractivity contribution in [2.24, 2.45) is 5.41 Å². The number of hydrogen-bond acceptors (Lipinski definition) is 1. The summed E-state index contributed by atoms with van der Waals surface area (Å²) in [6.45, 7) is 7.35. The van der Waals surface area contributed by atoms with Gasteiger partial charge in [0.05, 0.1) is 0 Å². The van der Waals surface area contributed by atoms with Gasteiger partial charge in [0, 0.05) is 6.61 Å². The van der Waals surface area contributed by atoms with Crippen LogP contribution in [0, 0.1) is 5.41 Å². The minimum Gasteiger partial charge on any atom is -0.396 e. The molecule has 0 aromatic carbocycles. The summed E-state index contributed by atoms with van der Waals surface area (Å²) in [4.78, 5) is 0. The van der Waals surface area contributed by atoms with Crippen LogP contribution >= 0.6 is 0 Å². The van der Waals surface area contributed by atoms with Crippen LogP contribution in [0.15, 0.2) is 0 Å². The Labute approximate surface area is 103 Å². The Morgan fingerprint density at radius 1 is 0.625 bits per heavy atom. The highest BCUT2D eigenvalue weighted by Crippen LogP contribution is 2.22. The predicted molar refractivity (Wildman–Crippen MR) is 72.7 cm³/mol. The molecule has 0 bridgehead atoms. The van der Waals surface area contributed by atoms with Crippen molar-refractivity contribution in [1.29, 1.82) is 0 Å². The molecule has 0 amide bonds. The Balaban J connectivity index is 2.99. The van der Waals surface area contributed by atoms with Crippen molar-refractivity contribution in [2.75, 3.05) is 6.61 Å². The monoisotopic (exact) mass is 228 g/mol. The molecule has 0 radical (unpaired) electrons. The molecule has 0 atom stereocenters. The first-order chi connectivity index (χ1) is 7.56.